The predicted molar refractivity (Wildman–Crippen MR) is 91.9 cm³/mol. The summed E-state index contributed by atoms with van der Waals surface area (Å²) >= 11 is 6.18. The second kappa shape index (κ2) is 6.67. The number of aryl methyl sites for hydroxylation is 1. The minimum Gasteiger partial charge on any atom is -0.304 e. The van der Waals surface area contributed by atoms with E-state index >= 15 is 0 Å². The molecule has 1 heterocycles. The molecular weight excluding hydrogens is 310 g/mol. The number of aromatic nitrogens is 2. The van der Waals surface area contributed by atoms with Crippen molar-refractivity contribution in [3.05, 3.63) is 82.5 Å². The Balaban J connectivity index is 1.75. The van der Waals surface area contributed by atoms with E-state index in [1.165, 1.54) is 0 Å². The molecule has 116 valence electrons. The van der Waals surface area contributed by atoms with Gasteiger partial charge in [-0.2, -0.15) is 5.10 Å². The van der Waals surface area contributed by atoms with Gasteiger partial charge in [-0.15, -0.1) is 0 Å². The third kappa shape index (κ3) is 3.79. The number of hydrogen-bond donors (Lipinski definition) is 1. The standard InChI is InChI=1S/C18H16ClN3O/c1-13-6-5-9-15(10-13)18(23)20-17-16(19)12-22(21-17)11-14-7-3-2-4-8-14/h2-10,12H,11H2,1H3,(H,20,21,23). The van der Waals surface area contributed by atoms with E-state index in [0.29, 0.717) is 22.9 Å². The van der Waals surface area contributed by atoms with Gasteiger partial charge >= 0.3 is 0 Å². The van der Waals surface area contributed by atoms with Gasteiger partial charge in [0.05, 0.1) is 6.54 Å². The van der Waals surface area contributed by atoms with Crippen LogP contribution in [0.25, 0.3) is 0 Å². The van der Waals surface area contributed by atoms with E-state index in [4.69, 9.17) is 11.6 Å². The number of carbonyl (C=O) groups excluding carboxylic acids is 1. The van der Waals surface area contributed by atoms with Gasteiger partial charge in [0.25, 0.3) is 5.91 Å². The maximum atomic E-state index is 12.3. The van der Waals surface area contributed by atoms with Crippen molar-refractivity contribution in [3.8, 4) is 0 Å². The second-order valence-corrected chi connectivity index (χ2v) is 5.74. The first kappa shape index (κ1) is 15.3. The minimum absolute atomic E-state index is 0.222. The van der Waals surface area contributed by atoms with Crippen molar-refractivity contribution in [2.24, 2.45) is 0 Å². The Morgan fingerprint density at radius 2 is 1.96 bits per heavy atom. The van der Waals surface area contributed by atoms with Crippen molar-refractivity contribution in [1.82, 2.24) is 9.78 Å². The number of amides is 1. The summed E-state index contributed by atoms with van der Waals surface area (Å²) in [6, 6.07) is 17.3. The average Bonchev–Trinajstić information content (AvgIpc) is 2.87. The highest BCUT2D eigenvalue weighted by atomic mass is 35.5. The van der Waals surface area contributed by atoms with E-state index in [0.717, 1.165) is 11.1 Å². The summed E-state index contributed by atoms with van der Waals surface area (Å²) in [5, 5.41) is 7.52. The normalized spacial score (nSPS) is 10.5. The lowest BCUT2D eigenvalue weighted by Crippen LogP contribution is -2.13. The maximum Gasteiger partial charge on any atom is 0.256 e. The number of halogens is 1. The first-order chi connectivity index (χ1) is 11.1. The molecule has 0 aliphatic heterocycles. The molecule has 0 aliphatic carbocycles. The molecule has 0 bridgehead atoms. The molecule has 0 fully saturated rings. The first-order valence-electron chi connectivity index (χ1n) is 7.27. The van der Waals surface area contributed by atoms with Crippen LogP contribution in [-0.2, 0) is 6.54 Å². The predicted octanol–water partition coefficient (Wildman–Crippen LogP) is 4.15. The lowest BCUT2D eigenvalue weighted by atomic mass is 10.1. The summed E-state index contributed by atoms with van der Waals surface area (Å²) in [4.78, 5) is 12.3. The number of benzene rings is 2. The Morgan fingerprint density at radius 1 is 1.17 bits per heavy atom. The van der Waals surface area contributed by atoms with Gasteiger partial charge in [0, 0.05) is 11.8 Å². The highest BCUT2D eigenvalue weighted by Gasteiger charge is 2.12. The van der Waals surface area contributed by atoms with Crippen LogP contribution in [0.15, 0.2) is 60.8 Å². The van der Waals surface area contributed by atoms with Crippen LogP contribution in [0.1, 0.15) is 21.5 Å². The van der Waals surface area contributed by atoms with Gasteiger partial charge in [0.15, 0.2) is 5.82 Å². The Kier molecular flexibility index (Phi) is 4.44. The molecule has 0 aliphatic rings. The highest BCUT2D eigenvalue weighted by molar-refractivity contribution is 6.33. The van der Waals surface area contributed by atoms with Gasteiger partial charge in [-0.05, 0) is 24.6 Å². The molecule has 4 nitrogen and oxygen atoms in total. The number of nitrogens with one attached hydrogen (secondary N) is 1. The third-order valence-electron chi connectivity index (χ3n) is 3.42. The molecule has 23 heavy (non-hydrogen) atoms. The quantitative estimate of drug-likeness (QED) is 0.783. The monoisotopic (exact) mass is 325 g/mol. The van der Waals surface area contributed by atoms with Crippen LogP contribution in [0, 0.1) is 6.92 Å². The molecule has 1 amide bonds. The van der Waals surface area contributed by atoms with E-state index in [1.807, 2.05) is 55.5 Å². The molecule has 0 radical (unpaired) electrons. The second-order valence-electron chi connectivity index (χ2n) is 5.33. The molecule has 3 rings (SSSR count). The van der Waals surface area contributed by atoms with Crippen molar-refractivity contribution < 1.29 is 4.79 Å². The summed E-state index contributed by atoms with van der Waals surface area (Å²) in [7, 11) is 0. The number of anilines is 1. The Bertz CT molecular complexity index is 827. The molecule has 0 atom stereocenters. The first-order valence-corrected chi connectivity index (χ1v) is 7.64. The minimum atomic E-state index is -0.222. The molecule has 1 N–H and O–H groups in total. The summed E-state index contributed by atoms with van der Waals surface area (Å²) in [6.45, 7) is 2.54. The van der Waals surface area contributed by atoms with Gasteiger partial charge in [-0.1, -0.05) is 59.6 Å². The number of hydrogen-bond acceptors (Lipinski definition) is 2. The smallest absolute Gasteiger partial charge is 0.256 e. The van der Waals surface area contributed by atoms with E-state index < -0.39 is 0 Å². The molecule has 0 spiro atoms. The summed E-state index contributed by atoms with van der Waals surface area (Å²) < 4.78 is 1.71. The number of rotatable bonds is 4. The van der Waals surface area contributed by atoms with Crippen molar-refractivity contribution in [2.45, 2.75) is 13.5 Å². The van der Waals surface area contributed by atoms with E-state index in [1.54, 1.807) is 16.9 Å². The maximum absolute atomic E-state index is 12.3. The molecule has 0 unspecified atom stereocenters. The Labute approximate surface area is 139 Å². The van der Waals surface area contributed by atoms with Gasteiger partial charge in [-0.25, -0.2) is 0 Å². The molecule has 3 aromatic rings. The van der Waals surface area contributed by atoms with E-state index in [-0.39, 0.29) is 5.91 Å². The van der Waals surface area contributed by atoms with Crippen molar-refractivity contribution >= 4 is 23.3 Å². The van der Waals surface area contributed by atoms with Crippen LogP contribution >= 0.6 is 11.6 Å². The van der Waals surface area contributed by atoms with Crippen LogP contribution in [0.2, 0.25) is 5.02 Å². The Morgan fingerprint density at radius 3 is 2.70 bits per heavy atom. The van der Waals surface area contributed by atoms with Gasteiger partial charge in [0.2, 0.25) is 0 Å². The molecular formula is C18H16ClN3O. The van der Waals surface area contributed by atoms with Crippen LogP contribution in [-0.4, -0.2) is 15.7 Å². The average molecular weight is 326 g/mol. The molecule has 0 saturated carbocycles. The molecule has 0 saturated heterocycles. The fourth-order valence-corrected chi connectivity index (χ4v) is 2.50. The van der Waals surface area contributed by atoms with E-state index in [9.17, 15) is 4.79 Å². The zero-order valence-corrected chi connectivity index (χ0v) is 13.4. The summed E-state index contributed by atoms with van der Waals surface area (Å²) in [5.41, 5.74) is 2.72. The fourth-order valence-electron chi connectivity index (χ4n) is 2.30. The Hall–Kier alpha value is -2.59. The highest BCUT2D eigenvalue weighted by Crippen LogP contribution is 2.21. The fraction of sp³-hybridized carbons (Fsp3) is 0.111. The molecule has 2 aromatic carbocycles. The van der Waals surface area contributed by atoms with Crippen molar-refractivity contribution in [1.29, 1.82) is 0 Å². The van der Waals surface area contributed by atoms with Crippen LogP contribution in [0.5, 0.6) is 0 Å². The molecule has 5 heteroatoms. The van der Waals surface area contributed by atoms with Crippen molar-refractivity contribution in [3.63, 3.8) is 0 Å². The van der Waals surface area contributed by atoms with Gasteiger partial charge in [-0.3, -0.25) is 9.48 Å². The number of carbonyl (C=O) groups is 1. The van der Waals surface area contributed by atoms with Crippen molar-refractivity contribution in [2.75, 3.05) is 5.32 Å². The molecule has 1 aromatic heterocycles. The van der Waals surface area contributed by atoms with Crippen LogP contribution in [0.4, 0.5) is 5.82 Å². The lowest BCUT2D eigenvalue weighted by Gasteiger charge is -2.04. The van der Waals surface area contributed by atoms with Gasteiger partial charge in [0.1, 0.15) is 5.02 Å². The summed E-state index contributed by atoms with van der Waals surface area (Å²) in [5.74, 6) is 0.148. The SMILES string of the molecule is Cc1cccc(C(=O)Nc2nn(Cc3ccccc3)cc2Cl)c1. The van der Waals surface area contributed by atoms with Crippen LogP contribution in [0.3, 0.4) is 0 Å². The third-order valence-corrected chi connectivity index (χ3v) is 3.69. The zero-order valence-electron chi connectivity index (χ0n) is 12.7. The van der Waals surface area contributed by atoms with Gasteiger partial charge < -0.3 is 5.32 Å². The number of nitrogens with zero attached hydrogens (tertiary/aromatic N) is 2. The summed E-state index contributed by atoms with van der Waals surface area (Å²) in [6.07, 6.45) is 1.71. The van der Waals surface area contributed by atoms with E-state index in [2.05, 4.69) is 10.4 Å². The lowest BCUT2D eigenvalue weighted by molar-refractivity contribution is 0.102. The van der Waals surface area contributed by atoms with Crippen LogP contribution < -0.4 is 5.32 Å². The largest absolute Gasteiger partial charge is 0.304 e. The zero-order chi connectivity index (χ0) is 16.2. The topological polar surface area (TPSA) is 46.9 Å².